The molecule has 0 fully saturated rings. The van der Waals surface area contributed by atoms with E-state index in [1.54, 1.807) is 0 Å². The van der Waals surface area contributed by atoms with Crippen molar-refractivity contribution in [1.82, 2.24) is 14.5 Å². The maximum atomic E-state index is 13.0. The Kier molecular flexibility index (Phi) is 8.33. The summed E-state index contributed by atoms with van der Waals surface area (Å²) < 4.78 is 32.8. The molecule has 0 aliphatic carbocycles. The van der Waals surface area contributed by atoms with Gasteiger partial charge in [-0.15, -0.1) is 5.10 Å². The van der Waals surface area contributed by atoms with E-state index in [1.807, 2.05) is 27.7 Å². The zero-order valence-corrected chi connectivity index (χ0v) is 18.3. The van der Waals surface area contributed by atoms with E-state index >= 15 is 0 Å². The molecule has 0 aliphatic heterocycles. The van der Waals surface area contributed by atoms with Gasteiger partial charge in [0.15, 0.2) is 0 Å². The van der Waals surface area contributed by atoms with Crippen LogP contribution in [0.2, 0.25) is 0 Å². The third-order valence-electron chi connectivity index (χ3n) is 4.43. The summed E-state index contributed by atoms with van der Waals surface area (Å²) in [4.78, 5) is 12.6. The Morgan fingerprint density at radius 1 is 1.07 bits per heavy atom. The molecule has 2 aromatic rings. The molecule has 0 saturated heterocycles. The second kappa shape index (κ2) is 10.5. The van der Waals surface area contributed by atoms with Crippen LogP contribution in [0.15, 0.2) is 33.6 Å². The van der Waals surface area contributed by atoms with Crippen LogP contribution in [-0.2, 0) is 10.0 Å². The molecule has 0 atom stereocenters. The smallest absolute Gasteiger partial charge is 0.322 e. The lowest BCUT2D eigenvalue weighted by Crippen LogP contribution is -2.33. The minimum absolute atomic E-state index is 0.0145. The molecule has 0 saturated carbocycles. The molecule has 1 aromatic carbocycles. The van der Waals surface area contributed by atoms with E-state index in [0.717, 1.165) is 25.7 Å². The Morgan fingerprint density at radius 2 is 1.66 bits per heavy atom. The van der Waals surface area contributed by atoms with Crippen LogP contribution in [0.3, 0.4) is 0 Å². The number of nitrogens with zero attached hydrogens (tertiary/aromatic N) is 3. The van der Waals surface area contributed by atoms with Crippen LogP contribution in [0.5, 0.6) is 0 Å². The van der Waals surface area contributed by atoms with Crippen LogP contribution in [0.4, 0.5) is 6.01 Å². The van der Waals surface area contributed by atoms with Gasteiger partial charge in [-0.2, -0.15) is 4.31 Å². The molecule has 1 N–H and O–H groups in total. The number of unbranched alkanes of at least 4 members (excludes halogenated alkanes) is 2. The maximum Gasteiger partial charge on any atom is 0.322 e. The summed E-state index contributed by atoms with van der Waals surface area (Å²) in [7, 11) is -3.59. The number of hydrogen-bond donors (Lipinski definition) is 1. The van der Waals surface area contributed by atoms with Gasteiger partial charge in [0.1, 0.15) is 0 Å². The number of amides is 1. The Bertz CT molecular complexity index is 883. The number of aromatic nitrogens is 2. The first kappa shape index (κ1) is 23.0. The second-order valence-electron chi connectivity index (χ2n) is 7.19. The van der Waals surface area contributed by atoms with E-state index in [0.29, 0.717) is 24.5 Å². The molecule has 1 heterocycles. The largest absolute Gasteiger partial charge is 0.408 e. The van der Waals surface area contributed by atoms with Crippen molar-refractivity contribution in [3.05, 3.63) is 35.7 Å². The highest BCUT2D eigenvalue weighted by atomic mass is 32.2. The summed E-state index contributed by atoms with van der Waals surface area (Å²) in [6.45, 7) is 8.87. The fraction of sp³-hybridized carbons (Fsp3) is 0.550. The molecular weight excluding hydrogens is 392 g/mol. The van der Waals surface area contributed by atoms with Gasteiger partial charge in [-0.3, -0.25) is 10.1 Å². The number of carbonyl (C=O) groups excluding carboxylic acids is 1. The van der Waals surface area contributed by atoms with Crippen LogP contribution < -0.4 is 5.32 Å². The summed E-state index contributed by atoms with van der Waals surface area (Å²) in [5.41, 5.74) is 0.307. The normalized spacial score (nSPS) is 11.9. The minimum Gasteiger partial charge on any atom is -0.408 e. The van der Waals surface area contributed by atoms with E-state index in [-0.39, 0.29) is 16.8 Å². The van der Waals surface area contributed by atoms with Crippen molar-refractivity contribution in [3.63, 3.8) is 0 Å². The number of carbonyl (C=O) groups is 1. The third kappa shape index (κ3) is 6.11. The molecule has 0 unspecified atom stereocenters. The number of rotatable bonds is 11. The number of nitrogens with one attached hydrogen (secondary N) is 1. The number of benzene rings is 1. The fourth-order valence-electron chi connectivity index (χ4n) is 2.64. The lowest BCUT2D eigenvalue weighted by molar-refractivity contribution is 0.102. The molecule has 8 nitrogen and oxygen atoms in total. The summed E-state index contributed by atoms with van der Waals surface area (Å²) in [6.07, 6.45) is 3.47. The Balaban J connectivity index is 2.12. The molecule has 2 rings (SSSR count). The van der Waals surface area contributed by atoms with Crippen LogP contribution in [-0.4, -0.2) is 41.9 Å². The molecule has 0 radical (unpaired) electrons. The monoisotopic (exact) mass is 422 g/mol. The first-order valence-electron chi connectivity index (χ1n) is 10.0. The highest BCUT2D eigenvalue weighted by Crippen LogP contribution is 2.19. The van der Waals surface area contributed by atoms with E-state index < -0.39 is 15.9 Å². The zero-order valence-electron chi connectivity index (χ0n) is 17.5. The van der Waals surface area contributed by atoms with Crippen molar-refractivity contribution in [2.75, 3.05) is 18.4 Å². The number of hydrogen-bond acceptors (Lipinski definition) is 6. The fourth-order valence-corrected chi connectivity index (χ4v) is 4.15. The molecule has 0 bridgehead atoms. The highest BCUT2D eigenvalue weighted by Gasteiger charge is 2.24. The van der Waals surface area contributed by atoms with E-state index in [2.05, 4.69) is 15.5 Å². The molecule has 1 aromatic heterocycles. The first-order valence-corrected chi connectivity index (χ1v) is 11.5. The van der Waals surface area contributed by atoms with Crippen molar-refractivity contribution in [2.24, 2.45) is 0 Å². The lowest BCUT2D eigenvalue weighted by atomic mass is 10.2. The number of anilines is 1. The Morgan fingerprint density at radius 3 is 2.14 bits per heavy atom. The SMILES string of the molecule is CCCCN(CCCC)S(=O)(=O)c1ccc(C(=O)Nc2nnc(C(C)C)o2)cc1. The van der Waals surface area contributed by atoms with Crippen LogP contribution >= 0.6 is 0 Å². The van der Waals surface area contributed by atoms with Crippen molar-refractivity contribution >= 4 is 21.9 Å². The summed E-state index contributed by atoms with van der Waals surface area (Å²) in [6, 6.07) is 5.91. The van der Waals surface area contributed by atoms with Gasteiger partial charge >= 0.3 is 6.01 Å². The van der Waals surface area contributed by atoms with Crippen LogP contribution in [0, 0.1) is 0 Å². The predicted octanol–water partition coefficient (Wildman–Crippen LogP) is 4.04. The van der Waals surface area contributed by atoms with E-state index in [1.165, 1.54) is 28.6 Å². The predicted molar refractivity (Wildman–Crippen MR) is 111 cm³/mol. The topological polar surface area (TPSA) is 105 Å². The minimum atomic E-state index is -3.59. The van der Waals surface area contributed by atoms with Crippen molar-refractivity contribution in [1.29, 1.82) is 0 Å². The molecule has 29 heavy (non-hydrogen) atoms. The molecule has 1 amide bonds. The van der Waals surface area contributed by atoms with Gasteiger partial charge in [0.2, 0.25) is 15.9 Å². The molecular formula is C20H30N4O4S. The highest BCUT2D eigenvalue weighted by molar-refractivity contribution is 7.89. The van der Waals surface area contributed by atoms with Gasteiger partial charge in [0, 0.05) is 24.6 Å². The lowest BCUT2D eigenvalue weighted by Gasteiger charge is -2.22. The average Bonchev–Trinajstić information content (AvgIpc) is 3.17. The zero-order chi connectivity index (χ0) is 21.4. The molecule has 160 valence electrons. The van der Waals surface area contributed by atoms with E-state index in [9.17, 15) is 13.2 Å². The van der Waals surface area contributed by atoms with Crippen LogP contribution in [0.1, 0.15) is 75.5 Å². The van der Waals surface area contributed by atoms with Gasteiger partial charge in [0.25, 0.3) is 5.91 Å². The second-order valence-corrected chi connectivity index (χ2v) is 9.13. The standard InChI is InChI=1S/C20H30N4O4S/c1-5-7-13-24(14-8-6-2)29(26,27)17-11-9-16(10-12-17)18(25)21-20-23-22-19(28-20)15(3)4/h9-12,15H,5-8,13-14H2,1-4H3,(H,21,23,25). The van der Waals surface area contributed by atoms with Gasteiger partial charge in [0.05, 0.1) is 4.90 Å². The van der Waals surface area contributed by atoms with Crippen molar-refractivity contribution in [2.45, 2.75) is 64.2 Å². The Labute approximate surface area is 172 Å². The van der Waals surface area contributed by atoms with Gasteiger partial charge in [-0.25, -0.2) is 8.42 Å². The summed E-state index contributed by atoms with van der Waals surface area (Å²) >= 11 is 0. The van der Waals surface area contributed by atoms with Gasteiger partial charge in [-0.05, 0) is 37.1 Å². The maximum absolute atomic E-state index is 13.0. The van der Waals surface area contributed by atoms with Crippen LogP contribution in [0.25, 0.3) is 0 Å². The summed E-state index contributed by atoms with van der Waals surface area (Å²) in [5.74, 6) is 0.0451. The average molecular weight is 423 g/mol. The molecule has 9 heteroatoms. The first-order chi connectivity index (χ1) is 13.8. The quantitative estimate of drug-likeness (QED) is 0.586. The third-order valence-corrected chi connectivity index (χ3v) is 6.34. The Hall–Kier alpha value is -2.26. The number of sulfonamides is 1. The van der Waals surface area contributed by atoms with Crippen molar-refractivity contribution < 1.29 is 17.6 Å². The van der Waals surface area contributed by atoms with Gasteiger partial charge < -0.3 is 4.42 Å². The van der Waals surface area contributed by atoms with Gasteiger partial charge in [-0.1, -0.05) is 45.6 Å². The summed E-state index contributed by atoms with van der Waals surface area (Å²) in [5, 5.41) is 10.2. The molecule has 0 aliphatic rings. The molecule has 0 spiro atoms. The van der Waals surface area contributed by atoms with Crippen molar-refractivity contribution in [3.8, 4) is 0 Å². The van der Waals surface area contributed by atoms with E-state index in [4.69, 9.17) is 4.42 Å².